The molecule has 1 aliphatic rings. The van der Waals surface area contributed by atoms with Crippen LogP contribution in [0.15, 0.2) is 34.8 Å². The van der Waals surface area contributed by atoms with E-state index in [1.54, 1.807) is 11.3 Å². The maximum Gasteiger partial charge on any atom is 0.416 e. The first kappa shape index (κ1) is 23.8. The van der Waals surface area contributed by atoms with E-state index in [4.69, 9.17) is 0 Å². The predicted molar refractivity (Wildman–Crippen MR) is 126 cm³/mol. The molecule has 1 N–H and O–H groups in total. The van der Waals surface area contributed by atoms with Gasteiger partial charge in [0.25, 0.3) is 0 Å². The van der Waals surface area contributed by atoms with Gasteiger partial charge in [-0.05, 0) is 55.4 Å². The third kappa shape index (κ3) is 5.43. The highest BCUT2D eigenvalue weighted by molar-refractivity contribution is 7.99. The van der Waals surface area contributed by atoms with E-state index in [-0.39, 0.29) is 11.4 Å². The second kappa shape index (κ2) is 9.89. The van der Waals surface area contributed by atoms with Crippen LogP contribution in [0.1, 0.15) is 42.7 Å². The molecule has 176 valence electrons. The van der Waals surface area contributed by atoms with Gasteiger partial charge in [-0.3, -0.25) is 4.79 Å². The molecule has 1 unspecified atom stereocenters. The molecular formula is C23H25F3N4OS2. The van der Waals surface area contributed by atoms with Crippen LogP contribution in [0.4, 0.5) is 18.9 Å². The number of thioether (sulfide) groups is 1. The molecule has 1 amide bonds. The summed E-state index contributed by atoms with van der Waals surface area (Å²) in [7, 11) is 0. The van der Waals surface area contributed by atoms with Gasteiger partial charge in [-0.25, -0.2) is 0 Å². The van der Waals surface area contributed by atoms with Crippen molar-refractivity contribution >= 4 is 34.7 Å². The summed E-state index contributed by atoms with van der Waals surface area (Å²) in [5, 5.41) is 14.1. The Bertz CT molecular complexity index is 1140. The van der Waals surface area contributed by atoms with Crippen LogP contribution in [0.5, 0.6) is 0 Å². The quantitative estimate of drug-likeness (QED) is 0.392. The number of halogens is 3. The maximum atomic E-state index is 12.9. The lowest BCUT2D eigenvalue weighted by atomic mass is 9.88. The topological polar surface area (TPSA) is 59.8 Å². The van der Waals surface area contributed by atoms with E-state index in [0.29, 0.717) is 11.1 Å². The number of nitrogens with zero attached hydrogens (tertiary/aromatic N) is 3. The summed E-state index contributed by atoms with van der Waals surface area (Å²) in [5.41, 5.74) is 1.81. The Morgan fingerprint density at radius 2 is 2.15 bits per heavy atom. The van der Waals surface area contributed by atoms with Crippen molar-refractivity contribution in [3.05, 3.63) is 45.6 Å². The molecule has 2 aromatic heterocycles. The number of thiophene rings is 1. The van der Waals surface area contributed by atoms with Crippen molar-refractivity contribution < 1.29 is 18.0 Å². The first-order valence-corrected chi connectivity index (χ1v) is 12.8. The van der Waals surface area contributed by atoms with E-state index in [9.17, 15) is 18.0 Å². The highest BCUT2D eigenvalue weighted by Crippen LogP contribution is 2.38. The highest BCUT2D eigenvalue weighted by atomic mass is 32.2. The summed E-state index contributed by atoms with van der Waals surface area (Å²) in [6, 6.07) is 4.62. The fourth-order valence-electron chi connectivity index (χ4n) is 3.99. The number of carbonyl (C=O) groups excluding carboxylic acids is 1. The molecule has 0 fully saturated rings. The zero-order valence-corrected chi connectivity index (χ0v) is 20.0. The van der Waals surface area contributed by atoms with Gasteiger partial charge >= 0.3 is 6.18 Å². The van der Waals surface area contributed by atoms with Crippen LogP contribution in [0.3, 0.4) is 0 Å². The molecular weight excluding hydrogens is 469 g/mol. The zero-order chi connectivity index (χ0) is 23.6. The minimum Gasteiger partial charge on any atom is -0.325 e. The molecule has 1 aliphatic carbocycles. The van der Waals surface area contributed by atoms with Gasteiger partial charge < -0.3 is 9.88 Å². The normalized spacial score (nSPS) is 16.0. The third-order valence-electron chi connectivity index (χ3n) is 5.61. The van der Waals surface area contributed by atoms with Gasteiger partial charge in [-0.15, -0.1) is 21.5 Å². The predicted octanol–water partition coefficient (Wildman–Crippen LogP) is 6.29. The van der Waals surface area contributed by atoms with E-state index in [0.717, 1.165) is 55.7 Å². The van der Waals surface area contributed by atoms with Crippen LogP contribution >= 0.6 is 23.1 Å². The van der Waals surface area contributed by atoms with E-state index < -0.39 is 17.6 Å². The van der Waals surface area contributed by atoms with E-state index >= 15 is 0 Å². The van der Waals surface area contributed by atoms with Crippen LogP contribution < -0.4 is 5.32 Å². The Labute approximate surface area is 198 Å². The smallest absolute Gasteiger partial charge is 0.325 e. The largest absolute Gasteiger partial charge is 0.416 e. The fourth-order valence-corrected chi connectivity index (χ4v) is 5.99. The fraction of sp³-hybridized carbons (Fsp3) is 0.435. The van der Waals surface area contributed by atoms with Gasteiger partial charge in [0.05, 0.1) is 11.3 Å². The van der Waals surface area contributed by atoms with Crippen molar-refractivity contribution in [2.45, 2.75) is 57.4 Å². The Hall–Kier alpha value is -2.33. The van der Waals surface area contributed by atoms with Crippen molar-refractivity contribution in [3.8, 4) is 11.4 Å². The number of carbonyl (C=O) groups is 1. The second-order valence-corrected chi connectivity index (χ2v) is 10.2. The Balaban J connectivity index is 1.47. The van der Waals surface area contributed by atoms with Crippen LogP contribution in [0.2, 0.25) is 0 Å². The number of fused-ring (bicyclic) bond motifs is 1. The lowest BCUT2D eigenvalue weighted by Gasteiger charge is -2.19. The number of alkyl halides is 3. The molecule has 0 saturated heterocycles. The van der Waals surface area contributed by atoms with Gasteiger partial charge in [-0.2, -0.15) is 13.2 Å². The van der Waals surface area contributed by atoms with Crippen molar-refractivity contribution in [1.29, 1.82) is 0 Å². The molecule has 33 heavy (non-hydrogen) atoms. The molecule has 3 aromatic rings. The summed E-state index contributed by atoms with van der Waals surface area (Å²) in [4.78, 5) is 13.8. The van der Waals surface area contributed by atoms with Crippen molar-refractivity contribution in [2.75, 3.05) is 11.1 Å². The summed E-state index contributed by atoms with van der Waals surface area (Å²) < 4.78 is 40.7. The number of hydrogen-bond donors (Lipinski definition) is 1. The summed E-state index contributed by atoms with van der Waals surface area (Å²) >= 11 is 3.02. The number of benzene rings is 1. The van der Waals surface area contributed by atoms with Crippen molar-refractivity contribution in [3.63, 3.8) is 0 Å². The molecule has 1 atom stereocenters. The molecule has 0 aliphatic heterocycles. The summed E-state index contributed by atoms with van der Waals surface area (Å²) in [6.07, 6.45) is -0.273. The van der Waals surface area contributed by atoms with Crippen molar-refractivity contribution in [2.24, 2.45) is 5.92 Å². The average molecular weight is 495 g/mol. The molecule has 0 radical (unpaired) electrons. The number of aromatic nitrogens is 3. The van der Waals surface area contributed by atoms with Gasteiger partial charge in [-0.1, -0.05) is 31.7 Å². The van der Waals surface area contributed by atoms with E-state index in [2.05, 4.69) is 34.7 Å². The number of amides is 1. The molecule has 2 heterocycles. The van der Waals surface area contributed by atoms with E-state index in [1.807, 2.05) is 4.57 Å². The molecule has 5 nitrogen and oxygen atoms in total. The first-order valence-electron chi connectivity index (χ1n) is 10.9. The zero-order valence-electron chi connectivity index (χ0n) is 18.4. The van der Waals surface area contributed by atoms with Crippen LogP contribution in [-0.4, -0.2) is 26.4 Å². The number of rotatable bonds is 7. The number of hydrogen-bond acceptors (Lipinski definition) is 5. The first-order chi connectivity index (χ1) is 15.8. The highest BCUT2D eigenvalue weighted by Gasteiger charge is 2.30. The third-order valence-corrected chi connectivity index (χ3v) is 7.63. The Kier molecular flexibility index (Phi) is 7.13. The molecule has 0 bridgehead atoms. The molecule has 1 aromatic carbocycles. The van der Waals surface area contributed by atoms with Crippen molar-refractivity contribution in [1.82, 2.24) is 14.8 Å². The molecule has 0 saturated carbocycles. The second-order valence-electron chi connectivity index (χ2n) is 8.27. The Morgan fingerprint density at radius 1 is 1.33 bits per heavy atom. The number of anilines is 1. The van der Waals surface area contributed by atoms with Gasteiger partial charge in [0.15, 0.2) is 11.0 Å². The lowest BCUT2D eigenvalue weighted by Crippen LogP contribution is -2.15. The van der Waals surface area contributed by atoms with Crippen LogP contribution in [0, 0.1) is 5.92 Å². The van der Waals surface area contributed by atoms with Gasteiger partial charge in [0.1, 0.15) is 0 Å². The Morgan fingerprint density at radius 3 is 2.91 bits per heavy atom. The SMILES string of the molecule is CCCn1c(SCC(=O)Nc2cccc(C(F)(F)F)c2)nnc1-c1csc2c1CCC(C)C2. The maximum absolute atomic E-state index is 12.9. The van der Waals surface area contributed by atoms with Crippen LogP contribution in [-0.2, 0) is 30.4 Å². The minimum atomic E-state index is -4.46. The number of nitrogens with one attached hydrogen (secondary N) is 1. The molecule has 10 heteroatoms. The van der Waals surface area contributed by atoms with Gasteiger partial charge in [0.2, 0.25) is 5.91 Å². The lowest BCUT2D eigenvalue weighted by molar-refractivity contribution is -0.137. The van der Waals surface area contributed by atoms with Gasteiger partial charge in [0, 0.05) is 28.1 Å². The van der Waals surface area contributed by atoms with Crippen LogP contribution in [0.25, 0.3) is 11.4 Å². The summed E-state index contributed by atoms with van der Waals surface area (Å²) in [5.74, 6) is 1.15. The standard InChI is InChI=1S/C23H25F3N4OS2/c1-3-9-30-21(18-12-32-19-10-14(2)7-8-17(18)19)28-29-22(30)33-13-20(31)27-16-6-4-5-15(11-16)23(24,25)26/h4-6,11-12,14H,3,7-10,13H2,1-2H3,(H,27,31). The average Bonchev–Trinajstić information content (AvgIpc) is 3.35. The molecule has 4 rings (SSSR count). The molecule has 0 spiro atoms. The summed E-state index contributed by atoms with van der Waals surface area (Å²) in [6.45, 7) is 5.07. The monoisotopic (exact) mass is 494 g/mol. The van der Waals surface area contributed by atoms with E-state index in [1.165, 1.54) is 34.3 Å². The minimum absolute atomic E-state index is 0.0252.